The average molecular weight is 283 g/mol. The van der Waals surface area contributed by atoms with Gasteiger partial charge in [-0.25, -0.2) is 0 Å². The Bertz CT molecular complexity index is 568. The van der Waals surface area contributed by atoms with Gasteiger partial charge in [-0.05, 0) is 36.8 Å². The van der Waals surface area contributed by atoms with E-state index in [9.17, 15) is 0 Å². The minimum atomic E-state index is 0.538. The summed E-state index contributed by atoms with van der Waals surface area (Å²) in [6.45, 7) is 1.97. The van der Waals surface area contributed by atoms with Gasteiger partial charge >= 0.3 is 0 Å². The molecule has 0 spiro atoms. The van der Waals surface area contributed by atoms with Crippen molar-refractivity contribution in [3.8, 4) is 17.2 Å². The van der Waals surface area contributed by atoms with E-state index < -0.39 is 0 Å². The van der Waals surface area contributed by atoms with Crippen LogP contribution in [0, 0.1) is 6.92 Å². The molecule has 0 radical (unpaired) electrons. The highest BCUT2D eigenvalue weighted by Gasteiger charge is 2.09. The lowest BCUT2D eigenvalue weighted by atomic mass is 10.2. The van der Waals surface area contributed by atoms with Gasteiger partial charge < -0.3 is 9.47 Å². The second kappa shape index (κ2) is 5.51. The van der Waals surface area contributed by atoms with Crippen molar-refractivity contribution in [2.45, 2.75) is 6.92 Å². The van der Waals surface area contributed by atoms with Crippen LogP contribution in [-0.4, -0.2) is 7.11 Å². The van der Waals surface area contributed by atoms with Gasteiger partial charge in [0.05, 0.1) is 12.1 Å². The first kappa shape index (κ1) is 13.1. The molecule has 2 nitrogen and oxygen atoms in total. The van der Waals surface area contributed by atoms with Crippen LogP contribution in [0.15, 0.2) is 36.4 Å². The lowest BCUT2D eigenvalue weighted by Gasteiger charge is -2.12. The fourth-order valence-electron chi connectivity index (χ4n) is 1.54. The molecule has 0 aliphatic carbocycles. The summed E-state index contributed by atoms with van der Waals surface area (Å²) < 4.78 is 10.9. The van der Waals surface area contributed by atoms with Crippen LogP contribution in [0.2, 0.25) is 10.0 Å². The van der Waals surface area contributed by atoms with Crippen molar-refractivity contribution in [3.63, 3.8) is 0 Å². The fourth-order valence-corrected chi connectivity index (χ4v) is 1.97. The molecule has 0 aliphatic heterocycles. The summed E-state index contributed by atoms with van der Waals surface area (Å²) in [7, 11) is 1.58. The van der Waals surface area contributed by atoms with Crippen molar-refractivity contribution in [3.05, 3.63) is 52.0 Å². The number of ether oxygens (including phenoxy) is 2. The van der Waals surface area contributed by atoms with Crippen LogP contribution in [0.4, 0.5) is 0 Å². The van der Waals surface area contributed by atoms with E-state index in [1.54, 1.807) is 25.3 Å². The van der Waals surface area contributed by atoms with Gasteiger partial charge in [0, 0.05) is 11.1 Å². The first-order chi connectivity index (χ1) is 8.60. The van der Waals surface area contributed by atoms with Crippen LogP contribution in [0.5, 0.6) is 17.2 Å². The van der Waals surface area contributed by atoms with Crippen LogP contribution in [0.1, 0.15) is 5.56 Å². The molecule has 0 aliphatic rings. The Hall–Kier alpha value is -1.38. The first-order valence-corrected chi connectivity index (χ1v) is 6.13. The van der Waals surface area contributed by atoms with E-state index in [1.807, 2.05) is 25.1 Å². The zero-order chi connectivity index (χ0) is 13.1. The van der Waals surface area contributed by atoms with E-state index in [2.05, 4.69) is 0 Å². The third kappa shape index (κ3) is 2.89. The Morgan fingerprint density at radius 1 is 0.889 bits per heavy atom. The lowest BCUT2D eigenvalue weighted by Crippen LogP contribution is -1.91. The van der Waals surface area contributed by atoms with Crippen molar-refractivity contribution in [2.24, 2.45) is 0 Å². The maximum absolute atomic E-state index is 6.12. The summed E-state index contributed by atoms with van der Waals surface area (Å²) >= 11 is 12.1. The number of hydrogen-bond donors (Lipinski definition) is 0. The van der Waals surface area contributed by atoms with E-state index in [-0.39, 0.29) is 0 Å². The number of hydrogen-bond acceptors (Lipinski definition) is 2. The molecule has 0 heterocycles. The van der Waals surface area contributed by atoms with Gasteiger partial charge in [-0.3, -0.25) is 0 Å². The number of methoxy groups -OCH3 is 1. The highest BCUT2D eigenvalue weighted by Crippen LogP contribution is 2.36. The molecule has 4 heteroatoms. The number of benzene rings is 2. The van der Waals surface area contributed by atoms with Gasteiger partial charge in [-0.2, -0.15) is 0 Å². The van der Waals surface area contributed by atoms with Crippen LogP contribution >= 0.6 is 23.2 Å². The van der Waals surface area contributed by atoms with Crippen LogP contribution in [0.3, 0.4) is 0 Å². The summed E-state index contributed by atoms with van der Waals surface area (Å²) in [6, 6.07) is 10.8. The molecule has 0 aromatic heterocycles. The monoisotopic (exact) mass is 282 g/mol. The SMILES string of the molecule is COc1ccc(Cl)cc1Oc1ccc(C)cc1Cl. The molecule has 0 fully saturated rings. The standard InChI is InChI=1S/C14H12Cl2O2/c1-9-3-5-12(11(16)7-9)18-14-8-10(15)4-6-13(14)17-2/h3-8H,1-2H3. The summed E-state index contributed by atoms with van der Waals surface area (Å²) in [4.78, 5) is 0. The molecule has 0 bridgehead atoms. The molecule has 0 amide bonds. The van der Waals surface area contributed by atoms with E-state index in [0.29, 0.717) is 27.3 Å². The molecular weight excluding hydrogens is 271 g/mol. The predicted molar refractivity (Wildman–Crippen MR) is 74.3 cm³/mol. The highest BCUT2D eigenvalue weighted by molar-refractivity contribution is 6.32. The minimum Gasteiger partial charge on any atom is -0.493 e. The molecule has 2 aromatic carbocycles. The van der Waals surface area contributed by atoms with Crippen LogP contribution < -0.4 is 9.47 Å². The third-order valence-corrected chi connectivity index (χ3v) is 2.96. The Morgan fingerprint density at radius 2 is 1.61 bits per heavy atom. The topological polar surface area (TPSA) is 18.5 Å². The summed E-state index contributed by atoms with van der Waals surface area (Å²) in [5.74, 6) is 1.72. The van der Waals surface area contributed by atoms with Gasteiger partial charge in [0.2, 0.25) is 0 Å². The van der Waals surface area contributed by atoms with Crippen molar-refractivity contribution >= 4 is 23.2 Å². The van der Waals surface area contributed by atoms with Gasteiger partial charge in [-0.15, -0.1) is 0 Å². The lowest BCUT2D eigenvalue weighted by molar-refractivity contribution is 0.379. The van der Waals surface area contributed by atoms with Crippen molar-refractivity contribution in [1.29, 1.82) is 0 Å². The van der Waals surface area contributed by atoms with Gasteiger partial charge in [0.1, 0.15) is 5.75 Å². The fraction of sp³-hybridized carbons (Fsp3) is 0.143. The second-order valence-electron chi connectivity index (χ2n) is 3.83. The zero-order valence-corrected chi connectivity index (χ0v) is 11.5. The average Bonchev–Trinajstić information content (AvgIpc) is 2.33. The van der Waals surface area contributed by atoms with E-state index >= 15 is 0 Å². The van der Waals surface area contributed by atoms with E-state index in [4.69, 9.17) is 32.7 Å². The van der Waals surface area contributed by atoms with Crippen LogP contribution in [0.25, 0.3) is 0 Å². The van der Waals surface area contributed by atoms with Crippen molar-refractivity contribution in [1.82, 2.24) is 0 Å². The van der Waals surface area contributed by atoms with E-state index in [1.165, 1.54) is 0 Å². The number of halogens is 2. The smallest absolute Gasteiger partial charge is 0.170 e. The zero-order valence-electron chi connectivity index (χ0n) is 10.0. The molecule has 2 rings (SSSR count). The normalized spacial score (nSPS) is 10.2. The Morgan fingerprint density at radius 3 is 2.28 bits per heavy atom. The second-order valence-corrected chi connectivity index (χ2v) is 4.67. The molecule has 0 atom stereocenters. The minimum absolute atomic E-state index is 0.538. The van der Waals surface area contributed by atoms with Gasteiger partial charge in [-0.1, -0.05) is 29.3 Å². The summed E-state index contributed by atoms with van der Waals surface area (Å²) in [5, 5.41) is 1.13. The first-order valence-electron chi connectivity index (χ1n) is 5.37. The molecule has 0 unspecified atom stereocenters. The van der Waals surface area contributed by atoms with Crippen molar-refractivity contribution < 1.29 is 9.47 Å². The summed E-state index contributed by atoms with van der Waals surface area (Å²) in [5.41, 5.74) is 1.07. The Labute approximate surface area is 116 Å². The van der Waals surface area contributed by atoms with Gasteiger partial charge in [0.15, 0.2) is 11.5 Å². The van der Waals surface area contributed by atoms with Crippen molar-refractivity contribution in [2.75, 3.05) is 7.11 Å². The largest absolute Gasteiger partial charge is 0.493 e. The Kier molecular flexibility index (Phi) is 4.00. The van der Waals surface area contributed by atoms with E-state index in [0.717, 1.165) is 5.56 Å². The van der Waals surface area contributed by atoms with Gasteiger partial charge in [0.25, 0.3) is 0 Å². The molecule has 0 N–H and O–H groups in total. The molecular formula is C14H12Cl2O2. The quantitative estimate of drug-likeness (QED) is 0.780. The highest BCUT2D eigenvalue weighted by atomic mass is 35.5. The number of rotatable bonds is 3. The van der Waals surface area contributed by atoms with Crippen LogP contribution in [-0.2, 0) is 0 Å². The maximum Gasteiger partial charge on any atom is 0.170 e. The molecule has 18 heavy (non-hydrogen) atoms. The predicted octanol–water partition coefficient (Wildman–Crippen LogP) is 5.10. The molecule has 94 valence electrons. The number of aryl methyl sites for hydroxylation is 1. The summed E-state index contributed by atoms with van der Waals surface area (Å²) in [6.07, 6.45) is 0. The molecule has 0 saturated heterocycles. The Balaban J connectivity index is 2.36. The third-order valence-electron chi connectivity index (χ3n) is 2.43. The maximum atomic E-state index is 6.12. The molecule has 2 aromatic rings. The molecule has 0 saturated carbocycles.